The number of hydrogen-bond donors (Lipinski definition) is 3. The summed E-state index contributed by atoms with van der Waals surface area (Å²) >= 11 is 0. The molecule has 1 aromatic rings. The number of carbonyl (C=O) groups is 2. The first kappa shape index (κ1) is 31.8. The van der Waals surface area contributed by atoms with Gasteiger partial charge in [-0.3, -0.25) is 9.69 Å². The summed E-state index contributed by atoms with van der Waals surface area (Å²) in [5.41, 5.74) is 0.242. The van der Waals surface area contributed by atoms with E-state index in [1.165, 1.54) is 0 Å². The van der Waals surface area contributed by atoms with Gasteiger partial charge in [-0.1, -0.05) is 37.3 Å². The molecule has 2 amide bonds. The number of halogens is 2. The quantitative estimate of drug-likeness (QED) is 0.354. The molecule has 4 atom stereocenters. The molecule has 0 aromatic heterocycles. The van der Waals surface area contributed by atoms with Crippen molar-refractivity contribution in [3.63, 3.8) is 0 Å². The lowest BCUT2D eigenvalue weighted by Gasteiger charge is -2.39. The Kier molecular flexibility index (Phi) is 10.9. The van der Waals surface area contributed by atoms with Crippen LogP contribution in [-0.4, -0.2) is 89.2 Å². The van der Waals surface area contributed by atoms with Gasteiger partial charge in [0.15, 0.2) is 0 Å². The third-order valence-electron chi connectivity index (χ3n) is 8.06. The number of alkyl carbamates (subject to hydrolysis) is 1. The minimum Gasteiger partial charge on any atom is -0.449 e. The van der Waals surface area contributed by atoms with E-state index in [-0.39, 0.29) is 50.3 Å². The molecule has 2 aliphatic heterocycles. The molecule has 2 fully saturated rings. The van der Waals surface area contributed by atoms with Crippen LogP contribution in [0.2, 0.25) is 0 Å². The Bertz CT molecular complexity index is 1040. The van der Waals surface area contributed by atoms with Gasteiger partial charge in [-0.05, 0) is 51.0 Å². The van der Waals surface area contributed by atoms with Crippen molar-refractivity contribution in [3.05, 3.63) is 35.9 Å². The molecule has 0 bridgehead atoms. The van der Waals surface area contributed by atoms with Crippen LogP contribution in [0.15, 0.2) is 30.3 Å². The Balaban J connectivity index is 1.50. The van der Waals surface area contributed by atoms with Gasteiger partial charge in [0.2, 0.25) is 5.91 Å². The molecule has 220 valence electrons. The maximum absolute atomic E-state index is 13.8. The molecule has 0 saturated carbocycles. The number of nitriles is 1. The van der Waals surface area contributed by atoms with Gasteiger partial charge in [0.25, 0.3) is 5.92 Å². The first-order valence-corrected chi connectivity index (χ1v) is 14.0. The lowest BCUT2D eigenvalue weighted by atomic mass is 9.76. The van der Waals surface area contributed by atoms with E-state index in [0.29, 0.717) is 25.9 Å². The Morgan fingerprint density at radius 2 is 1.98 bits per heavy atom. The minimum absolute atomic E-state index is 0.0399. The number of likely N-dealkylation sites (tertiary alicyclic amines) is 2. The van der Waals surface area contributed by atoms with Crippen LogP contribution in [0.5, 0.6) is 0 Å². The fourth-order valence-corrected chi connectivity index (χ4v) is 5.80. The Labute approximate surface area is 235 Å². The number of nitrogens with one attached hydrogen (secondary N) is 1. The lowest BCUT2D eigenvalue weighted by Crippen LogP contribution is -2.49. The molecule has 12 heteroatoms. The first-order chi connectivity index (χ1) is 18.8. The molecule has 0 radical (unpaired) electrons. The van der Waals surface area contributed by atoms with Crippen molar-refractivity contribution in [3.8, 4) is 6.07 Å². The molecule has 0 spiro atoms. The third-order valence-corrected chi connectivity index (χ3v) is 8.06. The zero-order valence-corrected chi connectivity index (χ0v) is 23.6. The number of hydrogen-bond acceptors (Lipinski definition) is 7. The highest BCUT2D eigenvalue weighted by Gasteiger charge is 2.45. The second-order valence-electron chi connectivity index (χ2n) is 11.9. The SMILES string of the molecule is CC(CC(C)(C)N1CCC(F)(F)C1)C(C#N)C(=O)N1CCC[C@H](COC(=O)N[C@@H](Cc2ccccc2)B(O)O)C1. The van der Waals surface area contributed by atoms with Crippen molar-refractivity contribution >= 4 is 19.1 Å². The summed E-state index contributed by atoms with van der Waals surface area (Å²) in [4.78, 5) is 29.1. The van der Waals surface area contributed by atoms with Crippen LogP contribution in [0.4, 0.5) is 13.6 Å². The van der Waals surface area contributed by atoms with Crippen LogP contribution in [-0.2, 0) is 16.0 Å². The fraction of sp³-hybridized carbons (Fsp3) is 0.679. The normalized spacial score (nSPS) is 21.6. The molecule has 2 saturated heterocycles. The number of alkyl halides is 2. The number of piperidine rings is 1. The number of benzene rings is 1. The zero-order valence-electron chi connectivity index (χ0n) is 23.6. The molecule has 9 nitrogen and oxygen atoms in total. The highest BCUT2D eigenvalue weighted by atomic mass is 19.3. The molecule has 1 aromatic carbocycles. The smallest absolute Gasteiger partial charge is 0.449 e. The van der Waals surface area contributed by atoms with Gasteiger partial charge in [-0.15, -0.1) is 0 Å². The second-order valence-corrected chi connectivity index (χ2v) is 11.9. The van der Waals surface area contributed by atoms with Crippen LogP contribution in [0.3, 0.4) is 0 Å². The molecular formula is C28H41BF2N4O5. The van der Waals surface area contributed by atoms with Crippen LogP contribution >= 0.6 is 0 Å². The maximum Gasteiger partial charge on any atom is 0.475 e. The Hall–Kier alpha value is -2.75. The molecule has 3 rings (SSSR count). The van der Waals surface area contributed by atoms with Crippen LogP contribution in [0.1, 0.15) is 52.0 Å². The summed E-state index contributed by atoms with van der Waals surface area (Å²) in [5.74, 6) is -5.34. The highest BCUT2D eigenvalue weighted by molar-refractivity contribution is 6.43. The standard InChI is InChI=1S/C28H41BF2N4O5/c1-20(15-27(2,3)35-13-11-28(30,31)19-35)23(16-32)25(36)34-12-7-10-22(17-34)18-40-26(37)33-24(29(38)39)14-21-8-5-4-6-9-21/h4-6,8-9,20,22-24,38-39H,7,10-15,17-19H2,1-3H3,(H,33,37)/t20?,22-,23?,24-/m0/s1. The van der Waals surface area contributed by atoms with Gasteiger partial charge in [0, 0.05) is 37.5 Å². The van der Waals surface area contributed by atoms with E-state index < -0.39 is 36.5 Å². The second kappa shape index (κ2) is 13.7. The number of carbonyl (C=O) groups excluding carboxylic acids is 2. The Morgan fingerprint density at radius 1 is 1.27 bits per heavy atom. The summed E-state index contributed by atoms with van der Waals surface area (Å²) in [5, 5.41) is 31.7. The van der Waals surface area contributed by atoms with Crippen LogP contribution < -0.4 is 5.32 Å². The summed E-state index contributed by atoms with van der Waals surface area (Å²) in [6, 6.07) is 11.3. The van der Waals surface area contributed by atoms with Gasteiger partial charge in [0.05, 0.1) is 25.2 Å². The van der Waals surface area contributed by atoms with Crippen LogP contribution in [0.25, 0.3) is 0 Å². The van der Waals surface area contributed by atoms with Crippen molar-refractivity contribution in [2.45, 2.75) is 70.3 Å². The summed E-state index contributed by atoms with van der Waals surface area (Å²) < 4.78 is 32.9. The molecule has 3 N–H and O–H groups in total. The minimum atomic E-state index is -2.71. The zero-order chi connectivity index (χ0) is 29.5. The lowest BCUT2D eigenvalue weighted by molar-refractivity contribution is -0.137. The van der Waals surface area contributed by atoms with E-state index in [2.05, 4.69) is 11.4 Å². The molecule has 0 aliphatic carbocycles. The maximum atomic E-state index is 13.8. The van der Waals surface area contributed by atoms with Gasteiger partial charge in [-0.25, -0.2) is 13.6 Å². The first-order valence-electron chi connectivity index (χ1n) is 14.0. The summed E-state index contributed by atoms with van der Waals surface area (Å²) in [6.45, 7) is 6.40. The van der Waals surface area contributed by atoms with E-state index in [1.807, 2.05) is 51.1 Å². The van der Waals surface area contributed by atoms with Crippen molar-refractivity contribution in [2.75, 3.05) is 32.8 Å². The van der Waals surface area contributed by atoms with Gasteiger partial charge in [-0.2, -0.15) is 5.26 Å². The largest absolute Gasteiger partial charge is 0.475 e. The van der Waals surface area contributed by atoms with Gasteiger partial charge >= 0.3 is 13.2 Å². The average molecular weight is 562 g/mol. The molecule has 2 aliphatic rings. The number of rotatable bonds is 11. The number of amides is 2. The topological polar surface area (TPSA) is 126 Å². The van der Waals surface area contributed by atoms with Crippen molar-refractivity contribution in [2.24, 2.45) is 17.8 Å². The van der Waals surface area contributed by atoms with Gasteiger partial charge < -0.3 is 25.0 Å². The number of ether oxygens (including phenoxy) is 1. The monoisotopic (exact) mass is 562 g/mol. The van der Waals surface area contributed by atoms with Crippen LogP contribution in [0, 0.1) is 29.1 Å². The van der Waals surface area contributed by atoms with Crippen molar-refractivity contribution < 1.29 is 33.2 Å². The predicted octanol–water partition coefficient (Wildman–Crippen LogP) is 2.86. The van der Waals surface area contributed by atoms with Crippen molar-refractivity contribution in [1.29, 1.82) is 5.26 Å². The predicted molar refractivity (Wildman–Crippen MR) is 146 cm³/mol. The third kappa shape index (κ3) is 8.88. The highest BCUT2D eigenvalue weighted by Crippen LogP contribution is 2.36. The average Bonchev–Trinajstić information content (AvgIpc) is 3.28. The fourth-order valence-electron chi connectivity index (χ4n) is 5.80. The molecule has 2 heterocycles. The molecule has 40 heavy (non-hydrogen) atoms. The van der Waals surface area contributed by atoms with E-state index >= 15 is 0 Å². The summed E-state index contributed by atoms with van der Waals surface area (Å²) in [7, 11) is -1.77. The van der Waals surface area contributed by atoms with Gasteiger partial charge in [0.1, 0.15) is 5.92 Å². The number of nitrogens with zero attached hydrogens (tertiary/aromatic N) is 3. The van der Waals surface area contributed by atoms with Crippen molar-refractivity contribution in [1.82, 2.24) is 15.1 Å². The van der Waals surface area contributed by atoms with E-state index in [0.717, 1.165) is 12.0 Å². The molecule has 2 unspecified atom stereocenters. The Morgan fingerprint density at radius 3 is 2.58 bits per heavy atom. The molecular weight excluding hydrogens is 521 g/mol. The van der Waals surface area contributed by atoms with E-state index in [9.17, 15) is 33.7 Å². The summed E-state index contributed by atoms with van der Waals surface area (Å²) in [6.07, 6.45) is 1.09. The van der Waals surface area contributed by atoms with E-state index in [1.54, 1.807) is 9.80 Å². The van der Waals surface area contributed by atoms with E-state index in [4.69, 9.17) is 4.74 Å².